The summed E-state index contributed by atoms with van der Waals surface area (Å²) in [5, 5.41) is 11.3. The van der Waals surface area contributed by atoms with E-state index < -0.39 is 23.4 Å². The number of hydrogen-bond acceptors (Lipinski definition) is 5. The molecular weight excluding hydrogens is 358 g/mol. The lowest BCUT2D eigenvalue weighted by atomic mass is 9.95. The Morgan fingerprint density at radius 2 is 1.86 bits per heavy atom. The number of nitrogens with one attached hydrogen (secondary N) is 2. The number of imidazole rings is 1. The van der Waals surface area contributed by atoms with E-state index in [1.165, 1.54) is 5.48 Å². The molecule has 0 fully saturated rings. The zero-order chi connectivity index (χ0) is 20.7. The third-order valence-electron chi connectivity index (χ3n) is 3.70. The number of aryl methyl sites for hydroxylation is 1. The van der Waals surface area contributed by atoms with Crippen molar-refractivity contribution in [2.24, 2.45) is 12.8 Å². The molecule has 0 aliphatic rings. The largest absolute Gasteiger partial charge is 0.339 e. The number of amides is 2. The quantitative estimate of drug-likeness (QED) is 0.343. The van der Waals surface area contributed by atoms with Gasteiger partial charge in [-0.3, -0.25) is 14.8 Å². The van der Waals surface area contributed by atoms with Gasteiger partial charge in [-0.25, -0.2) is 10.5 Å². The predicted molar refractivity (Wildman–Crippen MR) is 103 cm³/mol. The number of hydroxylamine groups is 1. The summed E-state index contributed by atoms with van der Waals surface area (Å²) in [5.74, 6) is 9.84. The van der Waals surface area contributed by atoms with E-state index >= 15 is 0 Å². The average Bonchev–Trinajstić information content (AvgIpc) is 3.07. The number of benzene rings is 1. The van der Waals surface area contributed by atoms with Crippen LogP contribution in [0.15, 0.2) is 36.8 Å². The Balaban J connectivity index is 2.06. The SMILES string of the molecule is Cn1cnc(C#CC#Cc2ccc(C(=O)N[C@H](C(=O)NO)C(C)(C)N)cc2)c1. The topological polar surface area (TPSA) is 122 Å². The van der Waals surface area contributed by atoms with Crippen molar-refractivity contribution in [3.63, 3.8) is 0 Å². The summed E-state index contributed by atoms with van der Waals surface area (Å²) in [7, 11) is 1.86. The van der Waals surface area contributed by atoms with Crippen LogP contribution in [0.5, 0.6) is 0 Å². The van der Waals surface area contributed by atoms with Gasteiger partial charge < -0.3 is 15.6 Å². The number of carbonyl (C=O) groups is 2. The minimum atomic E-state index is -1.11. The average molecular weight is 379 g/mol. The van der Waals surface area contributed by atoms with Crippen molar-refractivity contribution in [1.29, 1.82) is 0 Å². The van der Waals surface area contributed by atoms with Gasteiger partial charge in [0.25, 0.3) is 11.8 Å². The molecular formula is C20H21N5O3. The monoisotopic (exact) mass is 379 g/mol. The maximum atomic E-state index is 12.4. The lowest BCUT2D eigenvalue weighted by Gasteiger charge is -2.29. The van der Waals surface area contributed by atoms with Gasteiger partial charge in [0, 0.05) is 29.9 Å². The first-order chi connectivity index (χ1) is 13.2. The number of hydrogen-bond donors (Lipinski definition) is 4. The molecule has 1 atom stereocenters. The Morgan fingerprint density at radius 1 is 1.21 bits per heavy atom. The molecule has 1 aromatic carbocycles. The van der Waals surface area contributed by atoms with E-state index in [9.17, 15) is 9.59 Å². The molecule has 1 aromatic heterocycles. The van der Waals surface area contributed by atoms with Crippen LogP contribution in [0.1, 0.15) is 35.5 Å². The highest BCUT2D eigenvalue weighted by molar-refractivity contribution is 5.97. The van der Waals surface area contributed by atoms with Crippen LogP contribution in [-0.4, -0.2) is 38.2 Å². The summed E-state index contributed by atoms with van der Waals surface area (Å²) in [6.07, 6.45) is 3.44. The van der Waals surface area contributed by atoms with Gasteiger partial charge in [0.05, 0.1) is 6.33 Å². The predicted octanol–water partition coefficient (Wildman–Crippen LogP) is 0.164. The Morgan fingerprint density at radius 3 is 2.39 bits per heavy atom. The molecule has 144 valence electrons. The van der Waals surface area contributed by atoms with Crippen molar-refractivity contribution >= 4 is 11.8 Å². The summed E-state index contributed by atoms with van der Waals surface area (Å²) in [5.41, 5.74) is 7.97. The van der Waals surface area contributed by atoms with Crippen LogP contribution in [-0.2, 0) is 11.8 Å². The molecule has 2 aromatic rings. The molecule has 28 heavy (non-hydrogen) atoms. The summed E-state index contributed by atoms with van der Waals surface area (Å²) in [6, 6.07) is 5.37. The third-order valence-corrected chi connectivity index (χ3v) is 3.70. The van der Waals surface area contributed by atoms with Gasteiger partial charge in [0.1, 0.15) is 11.7 Å². The highest BCUT2D eigenvalue weighted by Crippen LogP contribution is 2.09. The summed E-state index contributed by atoms with van der Waals surface area (Å²) in [6.45, 7) is 3.13. The molecule has 8 nitrogen and oxygen atoms in total. The van der Waals surface area contributed by atoms with Crippen LogP contribution < -0.4 is 16.5 Å². The third kappa shape index (κ3) is 5.71. The second-order valence-electron chi connectivity index (χ2n) is 6.71. The van der Waals surface area contributed by atoms with Crippen LogP contribution in [0.4, 0.5) is 0 Å². The van der Waals surface area contributed by atoms with Gasteiger partial charge in [-0.2, -0.15) is 0 Å². The lowest BCUT2D eigenvalue weighted by molar-refractivity contribution is -0.132. The minimum Gasteiger partial charge on any atom is -0.339 e. The molecule has 1 heterocycles. The van der Waals surface area contributed by atoms with E-state index in [1.54, 1.807) is 55.2 Å². The van der Waals surface area contributed by atoms with Crippen LogP contribution in [0, 0.1) is 23.7 Å². The molecule has 0 bridgehead atoms. The number of aromatic nitrogens is 2. The van der Waals surface area contributed by atoms with E-state index in [1.807, 2.05) is 7.05 Å². The number of nitrogens with two attached hydrogens (primary N) is 1. The smallest absolute Gasteiger partial charge is 0.267 e. The van der Waals surface area contributed by atoms with Gasteiger partial charge in [-0.05, 0) is 55.9 Å². The Labute approximate surface area is 163 Å². The molecule has 8 heteroatoms. The van der Waals surface area contributed by atoms with Crippen LogP contribution >= 0.6 is 0 Å². The molecule has 0 aliphatic carbocycles. The molecule has 0 radical (unpaired) electrons. The van der Waals surface area contributed by atoms with Crippen LogP contribution in [0.2, 0.25) is 0 Å². The van der Waals surface area contributed by atoms with Crippen molar-refractivity contribution < 1.29 is 14.8 Å². The lowest BCUT2D eigenvalue weighted by Crippen LogP contribution is -2.61. The van der Waals surface area contributed by atoms with E-state index in [-0.39, 0.29) is 0 Å². The van der Waals surface area contributed by atoms with Gasteiger partial charge in [-0.15, -0.1) is 0 Å². The fourth-order valence-electron chi connectivity index (χ4n) is 2.25. The molecule has 5 N–H and O–H groups in total. The van der Waals surface area contributed by atoms with Crippen molar-refractivity contribution in [3.05, 3.63) is 53.6 Å². The van der Waals surface area contributed by atoms with E-state index in [2.05, 4.69) is 34.0 Å². The fourth-order valence-corrected chi connectivity index (χ4v) is 2.25. The van der Waals surface area contributed by atoms with Gasteiger partial charge in [0.2, 0.25) is 0 Å². The zero-order valence-corrected chi connectivity index (χ0v) is 15.8. The van der Waals surface area contributed by atoms with E-state index in [0.29, 0.717) is 16.8 Å². The first-order valence-electron chi connectivity index (χ1n) is 8.34. The van der Waals surface area contributed by atoms with E-state index in [0.717, 1.165) is 0 Å². The van der Waals surface area contributed by atoms with Gasteiger partial charge >= 0.3 is 0 Å². The van der Waals surface area contributed by atoms with Gasteiger partial charge in [-0.1, -0.05) is 5.92 Å². The molecule has 0 aliphatic heterocycles. The number of rotatable bonds is 4. The normalized spacial score (nSPS) is 11.3. The molecule has 0 saturated heterocycles. The molecule has 2 amide bonds. The van der Waals surface area contributed by atoms with Gasteiger partial charge in [0.15, 0.2) is 0 Å². The molecule has 0 saturated carbocycles. The standard InChI is InChI=1S/C20H21N5O3/c1-20(2,21)17(19(27)24-28)23-18(26)15-10-8-14(9-11-15)6-4-5-7-16-12-25(3)13-22-16/h8-13,17,28H,21H2,1-3H3,(H,23,26)(H,24,27)/t17-/m1/s1. The maximum absolute atomic E-state index is 12.4. The van der Waals surface area contributed by atoms with Crippen molar-refractivity contribution in [2.75, 3.05) is 0 Å². The number of nitrogens with zero attached hydrogens (tertiary/aromatic N) is 2. The summed E-state index contributed by atoms with van der Waals surface area (Å²) >= 11 is 0. The fraction of sp³-hybridized carbons (Fsp3) is 0.250. The molecule has 2 rings (SSSR count). The Hall–Kier alpha value is -3.59. The Kier molecular flexibility index (Phi) is 6.56. The van der Waals surface area contributed by atoms with Crippen molar-refractivity contribution in [1.82, 2.24) is 20.3 Å². The van der Waals surface area contributed by atoms with Crippen LogP contribution in [0.25, 0.3) is 0 Å². The zero-order valence-electron chi connectivity index (χ0n) is 15.8. The second kappa shape index (κ2) is 8.87. The first-order valence-corrected chi connectivity index (χ1v) is 8.34. The van der Waals surface area contributed by atoms with Crippen molar-refractivity contribution in [2.45, 2.75) is 25.4 Å². The minimum absolute atomic E-state index is 0.324. The van der Waals surface area contributed by atoms with Crippen molar-refractivity contribution in [3.8, 4) is 23.7 Å². The van der Waals surface area contributed by atoms with E-state index in [4.69, 9.17) is 10.9 Å². The van der Waals surface area contributed by atoms with Crippen LogP contribution in [0.3, 0.4) is 0 Å². The Bertz CT molecular complexity index is 979. The molecule has 0 unspecified atom stereocenters. The summed E-state index contributed by atoms with van der Waals surface area (Å²) in [4.78, 5) is 28.2. The first kappa shape index (κ1) is 20.7. The molecule has 0 spiro atoms. The highest BCUT2D eigenvalue weighted by atomic mass is 16.5. The second-order valence-corrected chi connectivity index (χ2v) is 6.71. The highest BCUT2D eigenvalue weighted by Gasteiger charge is 2.33. The number of carbonyl (C=O) groups excluding carboxylic acids is 2. The maximum Gasteiger partial charge on any atom is 0.267 e. The summed E-state index contributed by atoms with van der Waals surface area (Å²) < 4.78 is 1.79.